The van der Waals surface area contributed by atoms with Crippen LogP contribution in [0.3, 0.4) is 0 Å². The fourth-order valence-electron chi connectivity index (χ4n) is 1.35. The number of ether oxygens (including phenoxy) is 1. The average Bonchev–Trinajstić information content (AvgIpc) is 2.54. The molecule has 5 heteroatoms. The number of hydrogen-bond donors (Lipinski definition) is 1. The molecule has 0 unspecified atom stereocenters. The van der Waals surface area contributed by atoms with E-state index in [1.807, 2.05) is 18.5 Å². The SMILES string of the molecule is CCOCCCn1nnc(N)c1CC. The van der Waals surface area contributed by atoms with Gasteiger partial charge in [0.25, 0.3) is 0 Å². The van der Waals surface area contributed by atoms with Crippen LogP contribution in [0.4, 0.5) is 5.82 Å². The van der Waals surface area contributed by atoms with Gasteiger partial charge in [0, 0.05) is 19.8 Å². The normalized spacial score (nSPS) is 10.7. The van der Waals surface area contributed by atoms with Gasteiger partial charge in [-0.3, -0.25) is 0 Å². The second-order valence-corrected chi connectivity index (χ2v) is 3.05. The van der Waals surface area contributed by atoms with E-state index in [2.05, 4.69) is 10.3 Å². The van der Waals surface area contributed by atoms with Gasteiger partial charge in [-0.25, -0.2) is 4.68 Å². The van der Waals surface area contributed by atoms with E-state index >= 15 is 0 Å². The molecular formula is C9H18N4O. The number of aromatic nitrogens is 3. The zero-order valence-electron chi connectivity index (χ0n) is 8.86. The number of nitrogens with zero attached hydrogens (tertiary/aromatic N) is 3. The number of nitrogens with two attached hydrogens (primary N) is 1. The minimum absolute atomic E-state index is 0.545. The van der Waals surface area contributed by atoms with Gasteiger partial charge in [-0.15, -0.1) is 5.10 Å². The van der Waals surface area contributed by atoms with E-state index in [4.69, 9.17) is 10.5 Å². The van der Waals surface area contributed by atoms with Crippen LogP contribution in [0.1, 0.15) is 26.0 Å². The largest absolute Gasteiger partial charge is 0.382 e. The van der Waals surface area contributed by atoms with Crippen molar-refractivity contribution in [3.63, 3.8) is 0 Å². The Labute approximate surface area is 84.2 Å². The third-order valence-corrected chi connectivity index (χ3v) is 2.07. The first-order valence-corrected chi connectivity index (χ1v) is 5.05. The molecule has 1 aromatic rings. The van der Waals surface area contributed by atoms with Crippen molar-refractivity contribution in [2.75, 3.05) is 18.9 Å². The molecule has 0 fully saturated rings. The fourth-order valence-corrected chi connectivity index (χ4v) is 1.35. The predicted octanol–water partition coefficient (Wildman–Crippen LogP) is 0.849. The summed E-state index contributed by atoms with van der Waals surface area (Å²) in [5.74, 6) is 0.545. The third-order valence-electron chi connectivity index (χ3n) is 2.07. The molecule has 1 rings (SSSR count). The lowest BCUT2D eigenvalue weighted by Crippen LogP contribution is -2.08. The molecule has 0 saturated heterocycles. The average molecular weight is 198 g/mol. The Morgan fingerprint density at radius 2 is 2.21 bits per heavy atom. The van der Waals surface area contributed by atoms with Gasteiger partial charge in [0.2, 0.25) is 0 Å². The number of aryl methyl sites for hydroxylation is 1. The zero-order valence-corrected chi connectivity index (χ0v) is 8.86. The van der Waals surface area contributed by atoms with Gasteiger partial charge in [0.05, 0.1) is 5.69 Å². The van der Waals surface area contributed by atoms with Crippen molar-refractivity contribution in [3.05, 3.63) is 5.69 Å². The monoisotopic (exact) mass is 198 g/mol. The van der Waals surface area contributed by atoms with Crippen LogP contribution in [0.2, 0.25) is 0 Å². The van der Waals surface area contributed by atoms with Crippen LogP contribution < -0.4 is 5.73 Å². The van der Waals surface area contributed by atoms with Crippen LogP contribution in [0.15, 0.2) is 0 Å². The Hall–Kier alpha value is -1.10. The summed E-state index contributed by atoms with van der Waals surface area (Å²) in [5, 5.41) is 7.81. The molecule has 0 radical (unpaired) electrons. The minimum atomic E-state index is 0.545. The van der Waals surface area contributed by atoms with E-state index in [0.29, 0.717) is 5.82 Å². The van der Waals surface area contributed by atoms with Crippen molar-refractivity contribution in [3.8, 4) is 0 Å². The van der Waals surface area contributed by atoms with Crippen molar-refractivity contribution in [2.45, 2.75) is 33.2 Å². The summed E-state index contributed by atoms with van der Waals surface area (Å²) in [6, 6.07) is 0. The molecule has 0 spiro atoms. The van der Waals surface area contributed by atoms with Gasteiger partial charge in [0.1, 0.15) is 0 Å². The van der Waals surface area contributed by atoms with Gasteiger partial charge >= 0.3 is 0 Å². The summed E-state index contributed by atoms with van der Waals surface area (Å²) < 4.78 is 7.10. The van der Waals surface area contributed by atoms with Crippen LogP contribution in [0.5, 0.6) is 0 Å². The quantitative estimate of drug-likeness (QED) is 0.688. The fraction of sp³-hybridized carbons (Fsp3) is 0.778. The Morgan fingerprint density at radius 3 is 2.86 bits per heavy atom. The van der Waals surface area contributed by atoms with Crippen molar-refractivity contribution in [1.82, 2.24) is 15.0 Å². The molecule has 0 amide bonds. The van der Waals surface area contributed by atoms with Crippen molar-refractivity contribution < 1.29 is 4.74 Å². The van der Waals surface area contributed by atoms with E-state index in [1.165, 1.54) is 0 Å². The molecule has 0 aliphatic carbocycles. The smallest absolute Gasteiger partial charge is 0.169 e. The molecule has 0 bridgehead atoms. The topological polar surface area (TPSA) is 66.0 Å². The maximum atomic E-state index is 5.66. The van der Waals surface area contributed by atoms with E-state index in [9.17, 15) is 0 Å². The molecule has 0 atom stereocenters. The van der Waals surface area contributed by atoms with Gasteiger partial charge in [0.15, 0.2) is 5.82 Å². The van der Waals surface area contributed by atoms with Crippen LogP contribution >= 0.6 is 0 Å². The number of nitrogen functional groups attached to an aromatic ring is 1. The summed E-state index contributed by atoms with van der Waals surface area (Å²) in [6.07, 6.45) is 1.82. The second kappa shape index (κ2) is 5.59. The first kappa shape index (κ1) is 11.0. The Morgan fingerprint density at radius 1 is 1.43 bits per heavy atom. The molecule has 0 aromatic carbocycles. The molecule has 1 aromatic heterocycles. The summed E-state index contributed by atoms with van der Waals surface area (Å²) in [7, 11) is 0. The highest BCUT2D eigenvalue weighted by atomic mass is 16.5. The first-order valence-electron chi connectivity index (χ1n) is 5.05. The molecule has 1 heterocycles. The van der Waals surface area contributed by atoms with E-state index < -0.39 is 0 Å². The van der Waals surface area contributed by atoms with Crippen LogP contribution in [-0.2, 0) is 17.7 Å². The Bertz CT molecular complexity index is 272. The molecule has 80 valence electrons. The summed E-state index contributed by atoms with van der Waals surface area (Å²) in [5.41, 5.74) is 6.67. The molecule has 2 N–H and O–H groups in total. The van der Waals surface area contributed by atoms with Crippen molar-refractivity contribution >= 4 is 5.82 Å². The van der Waals surface area contributed by atoms with Crippen LogP contribution in [-0.4, -0.2) is 28.2 Å². The van der Waals surface area contributed by atoms with Gasteiger partial charge in [-0.05, 0) is 19.8 Å². The summed E-state index contributed by atoms with van der Waals surface area (Å²) >= 11 is 0. The molecule has 14 heavy (non-hydrogen) atoms. The van der Waals surface area contributed by atoms with E-state index in [1.54, 1.807) is 0 Å². The highest BCUT2D eigenvalue weighted by Crippen LogP contribution is 2.08. The predicted molar refractivity (Wildman–Crippen MR) is 54.9 cm³/mol. The molecule has 0 aliphatic heterocycles. The van der Waals surface area contributed by atoms with Gasteiger partial charge in [-0.1, -0.05) is 12.1 Å². The number of rotatable bonds is 6. The lowest BCUT2D eigenvalue weighted by atomic mass is 10.3. The van der Waals surface area contributed by atoms with E-state index in [0.717, 1.165) is 38.3 Å². The second-order valence-electron chi connectivity index (χ2n) is 3.05. The number of hydrogen-bond acceptors (Lipinski definition) is 4. The van der Waals surface area contributed by atoms with Crippen LogP contribution in [0.25, 0.3) is 0 Å². The zero-order chi connectivity index (χ0) is 10.4. The maximum absolute atomic E-state index is 5.66. The highest BCUT2D eigenvalue weighted by molar-refractivity contribution is 5.32. The van der Waals surface area contributed by atoms with Crippen molar-refractivity contribution in [2.24, 2.45) is 0 Å². The summed E-state index contributed by atoms with van der Waals surface area (Å²) in [4.78, 5) is 0. The highest BCUT2D eigenvalue weighted by Gasteiger charge is 2.06. The summed E-state index contributed by atoms with van der Waals surface area (Å²) in [6.45, 7) is 6.39. The number of anilines is 1. The van der Waals surface area contributed by atoms with Gasteiger partial charge < -0.3 is 10.5 Å². The Kier molecular flexibility index (Phi) is 4.39. The maximum Gasteiger partial charge on any atom is 0.169 e. The molecule has 0 aliphatic rings. The van der Waals surface area contributed by atoms with Crippen LogP contribution in [0, 0.1) is 0 Å². The van der Waals surface area contributed by atoms with E-state index in [-0.39, 0.29) is 0 Å². The molecule has 0 saturated carbocycles. The third kappa shape index (κ3) is 2.70. The van der Waals surface area contributed by atoms with Crippen molar-refractivity contribution in [1.29, 1.82) is 0 Å². The Balaban J connectivity index is 2.42. The molecular weight excluding hydrogens is 180 g/mol. The van der Waals surface area contributed by atoms with Gasteiger partial charge in [-0.2, -0.15) is 0 Å². The standard InChI is InChI=1S/C9H18N4O/c1-3-8-9(10)11-12-13(8)6-5-7-14-4-2/h3-7,10H2,1-2H3. The minimum Gasteiger partial charge on any atom is -0.382 e. The lowest BCUT2D eigenvalue weighted by Gasteiger charge is -2.04. The first-order chi connectivity index (χ1) is 6.79. The lowest BCUT2D eigenvalue weighted by molar-refractivity contribution is 0.140. The molecule has 5 nitrogen and oxygen atoms in total.